The average molecular weight is 338 g/mol. The summed E-state index contributed by atoms with van der Waals surface area (Å²) in [6, 6.07) is 9.55. The van der Waals surface area contributed by atoms with Gasteiger partial charge >= 0.3 is 0 Å². The van der Waals surface area contributed by atoms with E-state index < -0.39 is 11.9 Å². The minimum Gasteiger partial charge on any atom is -0.496 e. The molecule has 2 heterocycles. The largest absolute Gasteiger partial charge is 0.496 e. The van der Waals surface area contributed by atoms with Crippen molar-refractivity contribution in [3.05, 3.63) is 58.1 Å². The number of aliphatic hydroxyl groups is 1. The highest BCUT2D eigenvalue weighted by Crippen LogP contribution is 2.55. The molecule has 0 radical (unpaired) electrons. The van der Waals surface area contributed by atoms with Gasteiger partial charge in [0.05, 0.1) is 18.3 Å². The van der Waals surface area contributed by atoms with E-state index in [1.54, 1.807) is 14.0 Å². The quantitative estimate of drug-likeness (QED) is 0.866. The van der Waals surface area contributed by atoms with Gasteiger partial charge in [-0.15, -0.1) is 0 Å². The molecule has 5 nitrogen and oxygen atoms in total. The van der Waals surface area contributed by atoms with E-state index in [1.807, 2.05) is 30.3 Å². The fourth-order valence-electron chi connectivity index (χ4n) is 4.30. The summed E-state index contributed by atoms with van der Waals surface area (Å²) < 4.78 is 17.6. The number of carbonyl (C=O) groups excluding carboxylic acids is 1. The molecule has 3 aliphatic rings. The van der Waals surface area contributed by atoms with Crippen LogP contribution in [0.4, 0.5) is 0 Å². The number of Topliss-reactive ketones (excluding diaryl/α,β-unsaturated/α-hetero) is 1. The standard InChI is InChI=1S/C20H18O5/c1-20(22)8-10-6-7-14-17(15(10)12(21)9-20)18-11-4-3-5-13(23-2)16(11)19(24-14)25-18/h3-7,18-19,22H,8-9H2,1-2H3/t18-,19+,20+/m0/s1. The lowest BCUT2D eigenvalue weighted by atomic mass is 9.77. The van der Waals surface area contributed by atoms with Gasteiger partial charge in [0.1, 0.15) is 17.6 Å². The second kappa shape index (κ2) is 4.84. The molecule has 0 unspecified atom stereocenters. The Kier molecular flexibility index (Phi) is 2.89. The van der Waals surface area contributed by atoms with Crippen LogP contribution in [0.25, 0.3) is 0 Å². The summed E-state index contributed by atoms with van der Waals surface area (Å²) in [5.74, 6) is 1.33. The number of ether oxygens (including phenoxy) is 3. The van der Waals surface area contributed by atoms with E-state index in [0.29, 0.717) is 17.7 Å². The number of methoxy groups -OCH3 is 1. The van der Waals surface area contributed by atoms with Crippen molar-refractivity contribution in [3.8, 4) is 11.5 Å². The Morgan fingerprint density at radius 1 is 1.20 bits per heavy atom. The van der Waals surface area contributed by atoms with E-state index in [1.165, 1.54) is 0 Å². The summed E-state index contributed by atoms with van der Waals surface area (Å²) in [6.07, 6.45) is -0.315. The summed E-state index contributed by atoms with van der Waals surface area (Å²) >= 11 is 0. The fourth-order valence-corrected chi connectivity index (χ4v) is 4.30. The van der Waals surface area contributed by atoms with E-state index in [4.69, 9.17) is 14.2 Å². The third-order valence-corrected chi connectivity index (χ3v) is 5.28. The number of ketones is 1. The third kappa shape index (κ3) is 2.00. The van der Waals surface area contributed by atoms with Crippen molar-refractivity contribution in [1.29, 1.82) is 0 Å². The minimum atomic E-state index is -1.01. The lowest BCUT2D eigenvalue weighted by Gasteiger charge is -2.33. The molecule has 0 spiro atoms. The number of fused-ring (bicyclic) bond motifs is 9. The summed E-state index contributed by atoms with van der Waals surface area (Å²) in [5, 5.41) is 10.4. The first kappa shape index (κ1) is 14.9. The van der Waals surface area contributed by atoms with Crippen LogP contribution >= 0.6 is 0 Å². The highest BCUT2D eigenvalue weighted by atomic mass is 16.7. The van der Waals surface area contributed by atoms with Crippen LogP contribution in [0.3, 0.4) is 0 Å². The van der Waals surface area contributed by atoms with Crippen LogP contribution in [0.2, 0.25) is 0 Å². The first-order valence-electron chi connectivity index (χ1n) is 8.39. The van der Waals surface area contributed by atoms with Crippen molar-refractivity contribution >= 4 is 5.78 Å². The second-order valence-electron chi connectivity index (χ2n) is 7.21. The highest BCUT2D eigenvalue weighted by Gasteiger charge is 2.46. The van der Waals surface area contributed by atoms with Gasteiger partial charge in [-0.3, -0.25) is 4.79 Å². The summed E-state index contributed by atoms with van der Waals surface area (Å²) in [6.45, 7) is 1.70. The van der Waals surface area contributed by atoms with Crippen LogP contribution in [0, 0.1) is 0 Å². The molecule has 5 heteroatoms. The molecule has 25 heavy (non-hydrogen) atoms. The number of carbonyl (C=O) groups is 1. The van der Waals surface area contributed by atoms with Crippen LogP contribution in [0.15, 0.2) is 30.3 Å². The molecule has 0 amide bonds. The van der Waals surface area contributed by atoms with Crippen LogP contribution in [-0.4, -0.2) is 23.6 Å². The maximum Gasteiger partial charge on any atom is 0.231 e. The normalized spacial score (nSPS) is 28.7. The van der Waals surface area contributed by atoms with Crippen LogP contribution in [0.1, 0.15) is 58.4 Å². The molecular formula is C20H18O5. The molecule has 128 valence electrons. The Balaban J connectivity index is 1.73. The van der Waals surface area contributed by atoms with Crippen LogP contribution in [-0.2, 0) is 11.2 Å². The van der Waals surface area contributed by atoms with E-state index in [9.17, 15) is 9.90 Å². The topological polar surface area (TPSA) is 65.0 Å². The van der Waals surface area contributed by atoms with Gasteiger partial charge in [-0.2, -0.15) is 0 Å². The molecule has 0 fully saturated rings. The van der Waals surface area contributed by atoms with Crippen molar-refractivity contribution in [2.75, 3.05) is 7.11 Å². The van der Waals surface area contributed by atoms with E-state index in [0.717, 1.165) is 28.0 Å². The number of hydrogen-bond acceptors (Lipinski definition) is 5. The van der Waals surface area contributed by atoms with Crippen LogP contribution in [0.5, 0.6) is 11.5 Å². The molecule has 2 bridgehead atoms. The van der Waals surface area contributed by atoms with Crippen molar-refractivity contribution in [2.24, 2.45) is 0 Å². The van der Waals surface area contributed by atoms with E-state index in [-0.39, 0.29) is 18.3 Å². The molecule has 2 aliphatic heterocycles. The lowest BCUT2D eigenvalue weighted by Crippen LogP contribution is -2.36. The number of rotatable bonds is 1. The van der Waals surface area contributed by atoms with Gasteiger partial charge in [0.15, 0.2) is 5.78 Å². The summed E-state index contributed by atoms with van der Waals surface area (Å²) in [5.41, 5.74) is 3.12. The van der Waals surface area contributed by atoms with Gasteiger partial charge in [0.25, 0.3) is 0 Å². The van der Waals surface area contributed by atoms with E-state index in [2.05, 4.69) is 0 Å². The monoisotopic (exact) mass is 338 g/mol. The van der Waals surface area contributed by atoms with Crippen molar-refractivity contribution < 1.29 is 24.1 Å². The SMILES string of the molecule is COc1cccc2c1[C@@H]1Oc3ccc4c(c3[C@H]2O1)C(=O)C[C@](C)(O)C4. The zero-order chi connectivity index (χ0) is 17.3. The van der Waals surface area contributed by atoms with Crippen molar-refractivity contribution in [3.63, 3.8) is 0 Å². The maximum atomic E-state index is 12.8. The molecule has 5 rings (SSSR count). The summed E-state index contributed by atoms with van der Waals surface area (Å²) in [7, 11) is 1.62. The molecule has 0 aromatic heterocycles. The Morgan fingerprint density at radius 3 is 2.84 bits per heavy atom. The predicted molar refractivity (Wildman–Crippen MR) is 89.0 cm³/mol. The molecular weight excluding hydrogens is 320 g/mol. The van der Waals surface area contributed by atoms with Gasteiger partial charge in [-0.1, -0.05) is 18.2 Å². The molecule has 2 aromatic carbocycles. The van der Waals surface area contributed by atoms with Crippen molar-refractivity contribution in [2.45, 2.75) is 37.8 Å². The fraction of sp³-hybridized carbons (Fsp3) is 0.350. The maximum absolute atomic E-state index is 12.8. The second-order valence-corrected chi connectivity index (χ2v) is 7.21. The van der Waals surface area contributed by atoms with Crippen LogP contribution < -0.4 is 9.47 Å². The zero-order valence-electron chi connectivity index (χ0n) is 14.0. The van der Waals surface area contributed by atoms with E-state index >= 15 is 0 Å². The molecule has 0 saturated heterocycles. The van der Waals surface area contributed by atoms with Gasteiger partial charge < -0.3 is 19.3 Å². The van der Waals surface area contributed by atoms with Gasteiger partial charge in [-0.25, -0.2) is 0 Å². The molecule has 2 aromatic rings. The van der Waals surface area contributed by atoms with Gasteiger partial charge in [-0.05, 0) is 30.2 Å². The number of hydrogen-bond donors (Lipinski definition) is 1. The molecule has 1 N–H and O–H groups in total. The molecule has 1 aliphatic carbocycles. The molecule has 0 saturated carbocycles. The highest BCUT2D eigenvalue weighted by molar-refractivity contribution is 6.01. The first-order valence-corrected chi connectivity index (χ1v) is 8.39. The van der Waals surface area contributed by atoms with Gasteiger partial charge in [0.2, 0.25) is 6.29 Å². The Morgan fingerprint density at radius 2 is 2.04 bits per heavy atom. The lowest BCUT2D eigenvalue weighted by molar-refractivity contribution is -0.110. The van der Waals surface area contributed by atoms with Gasteiger partial charge in [0, 0.05) is 24.0 Å². The zero-order valence-corrected chi connectivity index (χ0v) is 14.0. The average Bonchev–Trinajstić information content (AvgIpc) is 2.87. The Labute approximate surface area is 145 Å². The predicted octanol–water partition coefficient (Wildman–Crippen LogP) is 3.09. The smallest absolute Gasteiger partial charge is 0.231 e. The Bertz CT molecular complexity index is 915. The number of benzene rings is 2. The molecule has 3 atom stereocenters. The summed E-state index contributed by atoms with van der Waals surface area (Å²) in [4.78, 5) is 12.8. The third-order valence-electron chi connectivity index (χ3n) is 5.28. The first-order chi connectivity index (χ1) is 12.0. The Hall–Kier alpha value is -2.37. The van der Waals surface area contributed by atoms with Crippen molar-refractivity contribution in [1.82, 2.24) is 0 Å². The minimum absolute atomic E-state index is 0.0647.